The zero-order valence-corrected chi connectivity index (χ0v) is 15.1. The molecule has 2 rings (SSSR count). The lowest BCUT2D eigenvalue weighted by molar-refractivity contribution is -0.142. The summed E-state index contributed by atoms with van der Waals surface area (Å²) in [5.74, 6) is -2.46. The standard InChI is InChI=1S/C15H21N7O4S/c16-10(1-8-3-17-6-19-8)13(23)22-12(5-27)14(24)21-11(15(25)26)2-9-4-18-7-20-9/h3-4,6-7,10-12,27H,1-2,5,16H2,(H,17,19)(H,18,20)(H,21,24)(H,22,23)(H,25,26). The van der Waals surface area contributed by atoms with Gasteiger partial charge in [-0.05, 0) is 0 Å². The Hall–Kier alpha value is -2.86. The van der Waals surface area contributed by atoms with Crippen molar-refractivity contribution in [1.82, 2.24) is 30.6 Å². The minimum absolute atomic E-state index is 0.0215. The molecule has 2 aromatic heterocycles. The number of imidazole rings is 2. The Morgan fingerprint density at radius 3 is 2.07 bits per heavy atom. The van der Waals surface area contributed by atoms with E-state index in [9.17, 15) is 19.5 Å². The van der Waals surface area contributed by atoms with Crippen molar-refractivity contribution in [2.75, 3.05) is 5.75 Å². The van der Waals surface area contributed by atoms with E-state index in [0.29, 0.717) is 11.4 Å². The maximum atomic E-state index is 12.4. The van der Waals surface area contributed by atoms with Gasteiger partial charge in [-0.3, -0.25) is 9.59 Å². The first-order chi connectivity index (χ1) is 12.9. The number of thiol groups is 1. The third-order valence-corrected chi connectivity index (χ3v) is 4.11. The van der Waals surface area contributed by atoms with Crippen molar-refractivity contribution in [3.8, 4) is 0 Å². The van der Waals surface area contributed by atoms with E-state index in [1.807, 2.05) is 0 Å². The first-order valence-corrected chi connectivity index (χ1v) is 8.68. The predicted octanol–water partition coefficient (Wildman–Crippen LogP) is -1.77. The second-order valence-corrected chi connectivity index (χ2v) is 6.18. The molecule has 0 radical (unpaired) electrons. The van der Waals surface area contributed by atoms with E-state index in [0.717, 1.165) is 0 Å². The average molecular weight is 395 g/mol. The molecular weight excluding hydrogens is 374 g/mol. The molecular formula is C15H21N7O4S. The molecule has 2 amide bonds. The highest BCUT2D eigenvalue weighted by Crippen LogP contribution is 2.02. The fourth-order valence-electron chi connectivity index (χ4n) is 2.29. The highest BCUT2D eigenvalue weighted by atomic mass is 32.1. The molecule has 3 unspecified atom stereocenters. The first kappa shape index (κ1) is 20.5. The van der Waals surface area contributed by atoms with Gasteiger partial charge in [0, 0.05) is 42.4 Å². The first-order valence-electron chi connectivity index (χ1n) is 8.05. The minimum atomic E-state index is -1.21. The van der Waals surface area contributed by atoms with Crippen LogP contribution in [0.25, 0.3) is 0 Å². The maximum absolute atomic E-state index is 12.4. The van der Waals surface area contributed by atoms with Crippen molar-refractivity contribution in [1.29, 1.82) is 0 Å². The van der Waals surface area contributed by atoms with E-state index in [2.05, 4.69) is 43.2 Å². The molecule has 11 nitrogen and oxygen atoms in total. The fourth-order valence-corrected chi connectivity index (χ4v) is 2.54. The lowest BCUT2D eigenvalue weighted by atomic mass is 10.1. The highest BCUT2D eigenvalue weighted by Gasteiger charge is 2.27. The number of hydrogen-bond donors (Lipinski definition) is 7. The van der Waals surface area contributed by atoms with Gasteiger partial charge < -0.3 is 31.4 Å². The number of amides is 2. The van der Waals surface area contributed by atoms with Crippen LogP contribution in [0.1, 0.15) is 11.4 Å². The Balaban J connectivity index is 1.92. The number of carbonyl (C=O) groups is 3. The Kier molecular flexibility index (Phi) is 7.37. The van der Waals surface area contributed by atoms with Gasteiger partial charge in [-0.25, -0.2) is 14.8 Å². The van der Waals surface area contributed by atoms with Gasteiger partial charge >= 0.3 is 5.97 Å². The number of aliphatic carboxylic acids is 1. The Morgan fingerprint density at radius 2 is 1.59 bits per heavy atom. The van der Waals surface area contributed by atoms with Crippen LogP contribution < -0.4 is 16.4 Å². The Morgan fingerprint density at radius 1 is 1.04 bits per heavy atom. The normalized spacial score (nSPS) is 14.1. The number of nitrogens with two attached hydrogens (primary N) is 1. The summed E-state index contributed by atoms with van der Waals surface area (Å²) in [5.41, 5.74) is 7.06. The van der Waals surface area contributed by atoms with Crippen molar-refractivity contribution in [2.24, 2.45) is 5.73 Å². The summed E-state index contributed by atoms with van der Waals surface area (Å²) in [6.07, 6.45) is 6.12. The van der Waals surface area contributed by atoms with Crippen LogP contribution in [0.2, 0.25) is 0 Å². The van der Waals surface area contributed by atoms with Crippen LogP contribution in [0, 0.1) is 0 Å². The van der Waals surface area contributed by atoms with Gasteiger partial charge in [0.1, 0.15) is 12.1 Å². The zero-order chi connectivity index (χ0) is 19.8. The number of carbonyl (C=O) groups excluding carboxylic acids is 2. The number of carboxylic acids is 1. The summed E-state index contributed by atoms with van der Waals surface area (Å²) in [6, 6.07) is -3.12. The molecule has 0 saturated heterocycles. The van der Waals surface area contributed by atoms with E-state index in [-0.39, 0.29) is 18.6 Å². The molecule has 2 aromatic rings. The molecule has 27 heavy (non-hydrogen) atoms. The summed E-state index contributed by atoms with van der Waals surface area (Å²) >= 11 is 4.05. The van der Waals surface area contributed by atoms with Crippen LogP contribution in [0.5, 0.6) is 0 Å². The summed E-state index contributed by atoms with van der Waals surface area (Å²) < 4.78 is 0. The van der Waals surface area contributed by atoms with Crippen molar-refractivity contribution in [2.45, 2.75) is 31.0 Å². The van der Waals surface area contributed by atoms with Crippen LogP contribution in [-0.4, -0.2) is 66.7 Å². The molecule has 0 fully saturated rings. The molecule has 0 bridgehead atoms. The van der Waals surface area contributed by atoms with Gasteiger partial charge in [0.15, 0.2) is 0 Å². The molecule has 0 aliphatic rings. The van der Waals surface area contributed by atoms with E-state index in [4.69, 9.17) is 5.73 Å². The number of H-pyrrole nitrogens is 2. The highest BCUT2D eigenvalue weighted by molar-refractivity contribution is 7.80. The molecule has 0 aliphatic heterocycles. The van der Waals surface area contributed by atoms with E-state index >= 15 is 0 Å². The second kappa shape index (κ2) is 9.73. The maximum Gasteiger partial charge on any atom is 0.326 e. The van der Waals surface area contributed by atoms with Gasteiger partial charge in [-0.2, -0.15) is 12.6 Å². The van der Waals surface area contributed by atoms with Crippen LogP contribution in [-0.2, 0) is 27.2 Å². The largest absolute Gasteiger partial charge is 0.480 e. The summed E-state index contributed by atoms with van der Waals surface area (Å²) in [4.78, 5) is 49.2. The third kappa shape index (κ3) is 6.11. The molecule has 0 aliphatic carbocycles. The van der Waals surface area contributed by atoms with Crippen molar-refractivity contribution in [3.63, 3.8) is 0 Å². The number of aromatic amines is 2. The monoisotopic (exact) mass is 395 g/mol. The molecule has 0 saturated carbocycles. The van der Waals surface area contributed by atoms with Crippen molar-refractivity contribution in [3.05, 3.63) is 36.4 Å². The molecule has 0 aromatic carbocycles. The summed E-state index contributed by atoms with van der Waals surface area (Å²) in [7, 11) is 0. The van der Waals surface area contributed by atoms with Crippen LogP contribution in [0.4, 0.5) is 0 Å². The lowest BCUT2D eigenvalue weighted by Crippen LogP contribution is -2.55. The van der Waals surface area contributed by atoms with Crippen LogP contribution >= 0.6 is 12.6 Å². The molecule has 2 heterocycles. The SMILES string of the molecule is NC(Cc1cnc[nH]1)C(=O)NC(CS)C(=O)NC(Cc1cnc[nH]1)C(=O)O. The van der Waals surface area contributed by atoms with Gasteiger partial charge in [0.05, 0.1) is 18.7 Å². The molecule has 146 valence electrons. The zero-order valence-electron chi connectivity index (χ0n) is 14.3. The van der Waals surface area contributed by atoms with Crippen molar-refractivity contribution >= 4 is 30.4 Å². The predicted molar refractivity (Wildman–Crippen MR) is 97.9 cm³/mol. The fraction of sp³-hybridized carbons (Fsp3) is 0.400. The third-order valence-electron chi connectivity index (χ3n) is 3.74. The number of carboxylic acid groups (broad SMARTS) is 1. The molecule has 7 N–H and O–H groups in total. The second-order valence-electron chi connectivity index (χ2n) is 5.81. The van der Waals surface area contributed by atoms with Gasteiger partial charge in [0.2, 0.25) is 11.8 Å². The van der Waals surface area contributed by atoms with Crippen molar-refractivity contribution < 1.29 is 19.5 Å². The Bertz CT molecular complexity index is 750. The number of aromatic nitrogens is 4. The van der Waals surface area contributed by atoms with E-state index < -0.39 is 35.9 Å². The lowest BCUT2D eigenvalue weighted by Gasteiger charge is -2.21. The van der Waals surface area contributed by atoms with Gasteiger partial charge in [-0.1, -0.05) is 0 Å². The van der Waals surface area contributed by atoms with Gasteiger partial charge in [0.25, 0.3) is 0 Å². The van der Waals surface area contributed by atoms with E-state index in [1.54, 1.807) is 6.20 Å². The number of hydrogen-bond acceptors (Lipinski definition) is 7. The number of rotatable bonds is 10. The van der Waals surface area contributed by atoms with Crippen LogP contribution in [0.3, 0.4) is 0 Å². The molecule has 3 atom stereocenters. The quantitative estimate of drug-likeness (QED) is 0.233. The smallest absolute Gasteiger partial charge is 0.326 e. The topological polar surface area (TPSA) is 179 Å². The average Bonchev–Trinajstić information content (AvgIpc) is 3.32. The molecule has 12 heteroatoms. The summed E-state index contributed by atoms with van der Waals surface area (Å²) in [6.45, 7) is 0. The Labute approximate surface area is 160 Å². The summed E-state index contributed by atoms with van der Waals surface area (Å²) in [5, 5.41) is 14.2. The number of nitrogens with one attached hydrogen (secondary N) is 4. The van der Waals surface area contributed by atoms with E-state index in [1.165, 1.54) is 18.9 Å². The minimum Gasteiger partial charge on any atom is -0.480 e. The number of nitrogens with zero attached hydrogens (tertiary/aromatic N) is 2. The van der Waals surface area contributed by atoms with Crippen LogP contribution in [0.15, 0.2) is 25.0 Å². The van der Waals surface area contributed by atoms with Gasteiger partial charge in [-0.15, -0.1) is 0 Å². The molecule has 0 spiro atoms.